The molecule has 0 spiro atoms. The quantitative estimate of drug-likeness (QED) is 0.683. The number of hydrogen-bond donors (Lipinski definition) is 1. The van der Waals surface area contributed by atoms with E-state index < -0.39 is 6.10 Å². The molecule has 0 amide bonds. The Kier molecular flexibility index (Phi) is 2.56. The molecule has 0 radical (unpaired) electrons. The van der Waals surface area contributed by atoms with E-state index in [9.17, 15) is 0 Å². The van der Waals surface area contributed by atoms with Crippen LogP contribution in [0.4, 0.5) is 0 Å². The lowest BCUT2D eigenvalue weighted by molar-refractivity contribution is 0.150. The van der Waals surface area contributed by atoms with Crippen molar-refractivity contribution in [3.05, 3.63) is 11.7 Å². The first kappa shape index (κ1) is 8.16. The molecule has 1 heterocycles. The monoisotopic (exact) mass is 158 g/mol. The predicted octanol–water partition coefficient (Wildman–Crippen LogP) is 0.269. The first-order valence-electron chi connectivity index (χ1n) is 3.23. The highest BCUT2D eigenvalue weighted by atomic mass is 16.5. The largest absolute Gasteiger partial charge is 0.385 e. The molecule has 1 N–H and O–H groups in total. The number of nitrogens with zero attached hydrogens (tertiary/aromatic N) is 2. The predicted molar refractivity (Wildman–Crippen MR) is 35.6 cm³/mol. The van der Waals surface area contributed by atoms with Crippen molar-refractivity contribution in [1.29, 1.82) is 0 Å². The molecule has 62 valence electrons. The van der Waals surface area contributed by atoms with E-state index in [0.717, 1.165) is 0 Å². The van der Waals surface area contributed by atoms with E-state index >= 15 is 0 Å². The highest BCUT2D eigenvalue weighted by molar-refractivity contribution is 4.87. The molecule has 0 saturated heterocycles. The van der Waals surface area contributed by atoms with Gasteiger partial charge in [0.15, 0.2) is 5.82 Å². The van der Waals surface area contributed by atoms with Crippen LogP contribution < -0.4 is 0 Å². The normalized spacial score (nSPS) is 13.4. The minimum atomic E-state index is -0.690. The molecule has 5 heteroatoms. The Morgan fingerprint density at radius 2 is 2.45 bits per heavy atom. The molecular weight excluding hydrogens is 148 g/mol. The van der Waals surface area contributed by atoms with Crippen LogP contribution in [0.1, 0.15) is 24.7 Å². The van der Waals surface area contributed by atoms with Crippen LogP contribution in [0.15, 0.2) is 4.52 Å². The molecule has 11 heavy (non-hydrogen) atoms. The van der Waals surface area contributed by atoms with E-state index in [1.165, 1.54) is 7.11 Å². The third kappa shape index (κ3) is 1.99. The lowest BCUT2D eigenvalue weighted by Crippen LogP contribution is -1.94. The average molecular weight is 158 g/mol. The smallest absolute Gasteiger partial charge is 0.252 e. The summed E-state index contributed by atoms with van der Waals surface area (Å²) in [6, 6.07) is 0. The lowest BCUT2D eigenvalue weighted by Gasteiger charge is -1.91. The van der Waals surface area contributed by atoms with Gasteiger partial charge in [-0.2, -0.15) is 4.98 Å². The van der Waals surface area contributed by atoms with Gasteiger partial charge in [-0.3, -0.25) is 0 Å². The third-order valence-corrected chi connectivity index (χ3v) is 1.13. The fraction of sp³-hybridized carbons (Fsp3) is 0.667. The van der Waals surface area contributed by atoms with E-state index in [1.807, 2.05) is 0 Å². The van der Waals surface area contributed by atoms with Crippen molar-refractivity contribution in [1.82, 2.24) is 10.1 Å². The Bertz CT molecular complexity index is 221. The van der Waals surface area contributed by atoms with Crippen molar-refractivity contribution in [3.8, 4) is 0 Å². The van der Waals surface area contributed by atoms with E-state index in [-0.39, 0.29) is 12.4 Å². The van der Waals surface area contributed by atoms with Gasteiger partial charge < -0.3 is 14.4 Å². The first-order chi connectivity index (χ1) is 5.24. The summed E-state index contributed by atoms with van der Waals surface area (Å²) in [6.07, 6.45) is -0.690. The minimum absolute atomic E-state index is 0.277. The minimum Gasteiger partial charge on any atom is -0.385 e. The summed E-state index contributed by atoms with van der Waals surface area (Å²) in [4.78, 5) is 3.85. The van der Waals surface area contributed by atoms with Crippen molar-refractivity contribution >= 4 is 0 Å². The summed E-state index contributed by atoms with van der Waals surface area (Å²) in [5.41, 5.74) is 0. The van der Waals surface area contributed by atoms with Gasteiger partial charge in [0.25, 0.3) is 5.89 Å². The average Bonchev–Trinajstić information content (AvgIpc) is 2.37. The Labute approximate surface area is 64.0 Å². The summed E-state index contributed by atoms with van der Waals surface area (Å²) in [5, 5.41) is 12.5. The number of rotatable bonds is 3. The van der Waals surface area contributed by atoms with Crippen LogP contribution in [0.3, 0.4) is 0 Å². The van der Waals surface area contributed by atoms with Crippen molar-refractivity contribution in [2.24, 2.45) is 0 Å². The van der Waals surface area contributed by atoms with Crippen LogP contribution >= 0.6 is 0 Å². The van der Waals surface area contributed by atoms with Gasteiger partial charge >= 0.3 is 0 Å². The third-order valence-electron chi connectivity index (χ3n) is 1.13. The Morgan fingerprint density at radius 1 is 1.73 bits per heavy atom. The maximum absolute atomic E-state index is 8.98. The summed E-state index contributed by atoms with van der Waals surface area (Å²) < 4.78 is 9.46. The summed E-state index contributed by atoms with van der Waals surface area (Å²) in [5.74, 6) is 0.667. The van der Waals surface area contributed by atoms with Gasteiger partial charge in [-0.1, -0.05) is 5.16 Å². The Morgan fingerprint density at radius 3 is 2.91 bits per heavy atom. The standard InChI is InChI=1S/C6H10N2O3/c1-4(9)6-7-5(3-10-2)11-8-6/h4,9H,3H2,1-2H3. The molecule has 0 aliphatic carbocycles. The summed E-state index contributed by atoms with van der Waals surface area (Å²) in [7, 11) is 1.53. The molecule has 1 atom stereocenters. The van der Waals surface area contributed by atoms with Crippen LogP contribution in [0, 0.1) is 0 Å². The zero-order valence-corrected chi connectivity index (χ0v) is 6.44. The SMILES string of the molecule is COCc1nc(C(C)O)no1. The lowest BCUT2D eigenvalue weighted by atomic mass is 10.4. The van der Waals surface area contributed by atoms with Gasteiger partial charge in [-0.15, -0.1) is 0 Å². The number of hydrogen-bond acceptors (Lipinski definition) is 5. The van der Waals surface area contributed by atoms with Crippen molar-refractivity contribution in [3.63, 3.8) is 0 Å². The number of ether oxygens (including phenoxy) is 1. The zero-order chi connectivity index (χ0) is 8.27. The van der Waals surface area contributed by atoms with Crippen LogP contribution in [-0.2, 0) is 11.3 Å². The van der Waals surface area contributed by atoms with Gasteiger partial charge in [-0.05, 0) is 6.92 Å². The van der Waals surface area contributed by atoms with Crippen molar-refractivity contribution < 1.29 is 14.4 Å². The second-order valence-electron chi connectivity index (χ2n) is 2.16. The number of aliphatic hydroxyl groups is 1. The van der Waals surface area contributed by atoms with E-state index in [0.29, 0.717) is 5.89 Å². The van der Waals surface area contributed by atoms with Gasteiger partial charge in [0, 0.05) is 7.11 Å². The van der Waals surface area contributed by atoms with Crippen LogP contribution in [0.25, 0.3) is 0 Å². The summed E-state index contributed by atoms with van der Waals surface area (Å²) >= 11 is 0. The highest BCUT2D eigenvalue weighted by Crippen LogP contribution is 2.07. The molecule has 1 aromatic rings. The molecule has 1 aromatic heterocycles. The second-order valence-corrected chi connectivity index (χ2v) is 2.16. The number of aromatic nitrogens is 2. The molecule has 0 fully saturated rings. The fourth-order valence-corrected chi connectivity index (χ4v) is 0.620. The molecule has 0 aliphatic rings. The maximum Gasteiger partial charge on any atom is 0.252 e. The van der Waals surface area contributed by atoms with Gasteiger partial charge in [0.05, 0.1) is 0 Å². The summed E-state index contributed by atoms with van der Waals surface area (Å²) in [6.45, 7) is 1.85. The van der Waals surface area contributed by atoms with Crippen LogP contribution in [-0.4, -0.2) is 22.4 Å². The van der Waals surface area contributed by atoms with Crippen LogP contribution in [0.2, 0.25) is 0 Å². The maximum atomic E-state index is 8.98. The van der Waals surface area contributed by atoms with Gasteiger partial charge in [-0.25, -0.2) is 0 Å². The molecule has 1 unspecified atom stereocenters. The van der Waals surface area contributed by atoms with Gasteiger partial charge in [0.1, 0.15) is 12.7 Å². The van der Waals surface area contributed by atoms with Crippen molar-refractivity contribution in [2.45, 2.75) is 19.6 Å². The first-order valence-corrected chi connectivity index (χ1v) is 3.23. The van der Waals surface area contributed by atoms with Crippen molar-refractivity contribution in [2.75, 3.05) is 7.11 Å². The Balaban J connectivity index is 2.66. The Hall–Kier alpha value is -0.940. The number of aliphatic hydroxyl groups excluding tert-OH is 1. The molecule has 0 aliphatic heterocycles. The molecule has 1 rings (SSSR count). The number of methoxy groups -OCH3 is 1. The molecule has 0 saturated carbocycles. The molecule has 0 bridgehead atoms. The van der Waals surface area contributed by atoms with E-state index in [4.69, 9.17) is 14.4 Å². The molecule has 5 nitrogen and oxygen atoms in total. The fourth-order valence-electron chi connectivity index (χ4n) is 0.620. The highest BCUT2D eigenvalue weighted by Gasteiger charge is 2.09. The van der Waals surface area contributed by atoms with E-state index in [2.05, 4.69) is 10.1 Å². The zero-order valence-electron chi connectivity index (χ0n) is 6.44. The van der Waals surface area contributed by atoms with Gasteiger partial charge in [0.2, 0.25) is 0 Å². The molecule has 0 aromatic carbocycles. The molecular formula is C6H10N2O3. The second kappa shape index (κ2) is 3.45. The van der Waals surface area contributed by atoms with E-state index in [1.54, 1.807) is 6.92 Å². The topological polar surface area (TPSA) is 68.4 Å². The van der Waals surface area contributed by atoms with Crippen LogP contribution in [0.5, 0.6) is 0 Å².